The average Bonchev–Trinajstić information content (AvgIpc) is 2.35. The standard InChI is InChI=1S/C12H7BrN2O2/c13-6-1-2-9-3-4-12(15(16)17)11-8-14-7-5-10(9)11/h3-5,7-8H,6H2. The van der Waals surface area contributed by atoms with Crippen LogP contribution in [0.15, 0.2) is 30.6 Å². The number of halogens is 1. The molecule has 1 heterocycles. The first-order chi connectivity index (χ1) is 8.24. The molecule has 0 atom stereocenters. The highest BCUT2D eigenvalue weighted by Crippen LogP contribution is 2.26. The van der Waals surface area contributed by atoms with E-state index in [0.29, 0.717) is 10.7 Å². The van der Waals surface area contributed by atoms with E-state index in [1.165, 1.54) is 12.3 Å². The summed E-state index contributed by atoms with van der Waals surface area (Å²) in [6, 6.07) is 4.86. The lowest BCUT2D eigenvalue weighted by atomic mass is 10.1. The third-order valence-corrected chi connectivity index (χ3v) is 2.56. The second-order valence-corrected chi connectivity index (χ2v) is 3.81. The maximum atomic E-state index is 10.9. The zero-order chi connectivity index (χ0) is 12.3. The van der Waals surface area contributed by atoms with E-state index in [4.69, 9.17) is 0 Å². The van der Waals surface area contributed by atoms with Crippen LogP contribution in [0.25, 0.3) is 10.8 Å². The lowest BCUT2D eigenvalue weighted by Crippen LogP contribution is -1.91. The van der Waals surface area contributed by atoms with E-state index in [1.807, 2.05) is 0 Å². The van der Waals surface area contributed by atoms with Crippen LogP contribution in [0.1, 0.15) is 5.56 Å². The predicted molar refractivity (Wildman–Crippen MR) is 69.1 cm³/mol. The number of nitro benzene ring substituents is 1. The molecule has 17 heavy (non-hydrogen) atoms. The second kappa shape index (κ2) is 4.93. The number of rotatable bonds is 1. The Bertz CT molecular complexity index is 644. The summed E-state index contributed by atoms with van der Waals surface area (Å²) in [7, 11) is 0. The molecule has 0 aliphatic heterocycles. The van der Waals surface area contributed by atoms with Gasteiger partial charge in [0, 0.05) is 29.4 Å². The summed E-state index contributed by atoms with van der Waals surface area (Å²) in [6.07, 6.45) is 3.10. The van der Waals surface area contributed by atoms with E-state index in [0.717, 1.165) is 10.9 Å². The van der Waals surface area contributed by atoms with Crippen LogP contribution in [0.3, 0.4) is 0 Å². The Morgan fingerprint density at radius 3 is 2.88 bits per heavy atom. The molecule has 0 N–H and O–H groups in total. The van der Waals surface area contributed by atoms with Crippen molar-refractivity contribution in [3.05, 3.63) is 46.3 Å². The maximum absolute atomic E-state index is 10.9. The highest BCUT2D eigenvalue weighted by molar-refractivity contribution is 9.09. The molecule has 0 spiro atoms. The first kappa shape index (κ1) is 11.6. The van der Waals surface area contributed by atoms with Gasteiger partial charge in [-0.1, -0.05) is 27.8 Å². The minimum Gasteiger partial charge on any atom is -0.264 e. The van der Waals surface area contributed by atoms with Gasteiger partial charge in [-0.2, -0.15) is 0 Å². The smallest absolute Gasteiger partial charge is 0.264 e. The fourth-order valence-corrected chi connectivity index (χ4v) is 1.71. The number of alkyl halides is 1. The fourth-order valence-electron chi connectivity index (χ4n) is 1.57. The number of aromatic nitrogens is 1. The number of fused-ring (bicyclic) bond motifs is 1. The molecule has 0 aliphatic carbocycles. The van der Waals surface area contributed by atoms with Crippen molar-refractivity contribution in [2.75, 3.05) is 5.33 Å². The Labute approximate surface area is 106 Å². The molecule has 1 aromatic carbocycles. The molecule has 0 bridgehead atoms. The molecule has 2 aromatic rings. The molecule has 0 amide bonds. The van der Waals surface area contributed by atoms with Crippen molar-refractivity contribution in [1.82, 2.24) is 4.98 Å². The van der Waals surface area contributed by atoms with Gasteiger partial charge in [0.1, 0.15) is 0 Å². The Hall–Kier alpha value is -1.93. The summed E-state index contributed by atoms with van der Waals surface area (Å²) in [5.41, 5.74) is 0.824. The highest BCUT2D eigenvalue weighted by Gasteiger charge is 2.13. The number of pyridine rings is 1. The van der Waals surface area contributed by atoms with Gasteiger partial charge in [0.05, 0.1) is 15.6 Å². The monoisotopic (exact) mass is 290 g/mol. The quantitative estimate of drug-likeness (QED) is 0.351. The van der Waals surface area contributed by atoms with Crippen molar-refractivity contribution >= 4 is 32.4 Å². The largest absolute Gasteiger partial charge is 0.278 e. The summed E-state index contributed by atoms with van der Waals surface area (Å²) in [6.45, 7) is 0. The molecular weight excluding hydrogens is 284 g/mol. The summed E-state index contributed by atoms with van der Waals surface area (Å²) in [4.78, 5) is 14.4. The fraction of sp³-hybridized carbons (Fsp3) is 0.0833. The van der Waals surface area contributed by atoms with Crippen LogP contribution in [0.4, 0.5) is 5.69 Å². The molecule has 0 saturated heterocycles. The van der Waals surface area contributed by atoms with Gasteiger partial charge < -0.3 is 0 Å². The van der Waals surface area contributed by atoms with E-state index < -0.39 is 4.92 Å². The number of hydrogen-bond acceptors (Lipinski definition) is 3. The van der Waals surface area contributed by atoms with Gasteiger partial charge >= 0.3 is 0 Å². The predicted octanol–water partition coefficient (Wildman–Crippen LogP) is 2.89. The highest BCUT2D eigenvalue weighted by atomic mass is 79.9. The number of non-ortho nitro benzene ring substituents is 1. The van der Waals surface area contributed by atoms with E-state index in [-0.39, 0.29) is 5.69 Å². The lowest BCUT2D eigenvalue weighted by Gasteiger charge is -2.01. The minimum atomic E-state index is -0.411. The van der Waals surface area contributed by atoms with E-state index in [9.17, 15) is 10.1 Å². The molecule has 0 saturated carbocycles. The zero-order valence-corrected chi connectivity index (χ0v) is 10.3. The van der Waals surface area contributed by atoms with Gasteiger partial charge in [-0.15, -0.1) is 0 Å². The Balaban J connectivity index is 2.75. The van der Waals surface area contributed by atoms with Crippen molar-refractivity contribution < 1.29 is 4.92 Å². The minimum absolute atomic E-state index is 0.0532. The molecule has 0 fully saturated rings. The summed E-state index contributed by atoms with van der Waals surface area (Å²) < 4.78 is 0. The Kier molecular flexibility index (Phi) is 3.35. The van der Waals surface area contributed by atoms with Crippen molar-refractivity contribution in [1.29, 1.82) is 0 Å². The Morgan fingerprint density at radius 2 is 2.18 bits per heavy atom. The maximum Gasteiger partial charge on any atom is 0.278 e. The second-order valence-electron chi connectivity index (χ2n) is 3.25. The van der Waals surface area contributed by atoms with Crippen LogP contribution in [-0.4, -0.2) is 15.2 Å². The van der Waals surface area contributed by atoms with Crippen LogP contribution in [0.2, 0.25) is 0 Å². The third kappa shape index (κ3) is 2.27. The SMILES string of the molecule is O=[N+]([O-])c1ccc(C#CCBr)c2ccncc12. The molecule has 4 nitrogen and oxygen atoms in total. The molecule has 0 unspecified atom stereocenters. The summed E-state index contributed by atoms with van der Waals surface area (Å²) in [5, 5.41) is 12.7. The van der Waals surface area contributed by atoms with Crippen LogP contribution in [0, 0.1) is 22.0 Å². The van der Waals surface area contributed by atoms with Gasteiger partial charge in [-0.05, 0) is 12.1 Å². The third-order valence-electron chi connectivity index (χ3n) is 2.28. The van der Waals surface area contributed by atoms with Gasteiger partial charge in [-0.25, -0.2) is 0 Å². The first-order valence-electron chi connectivity index (χ1n) is 4.80. The van der Waals surface area contributed by atoms with E-state index >= 15 is 0 Å². The average molecular weight is 291 g/mol. The number of nitrogens with zero attached hydrogens (tertiary/aromatic N) is 2. The molecule has 1 aromatic heterocycles. The summed E-state index contributed by atoms with van der Waals surface area (Å²) in [5.74, 6) is 5.84. The zero-order valence-electron chi connectivity index (χ0n) is 8.68. The Morgan fingerprint density at radius 1 is 1.35 bits per heavy atom. The van der Waals surface area contributed by atoms with Crippen molar-refractivity contribution in [3.8, 4) is 11.8 Å². The van der Waals surface area contributed by atoms with Crippen molar-refractivity contribution in [3.63, 3.8) is 0 Å². The van der Waals surface area contributed by atoms with Crippen molar-refractivity contribution in [2.24, 2.45) is 0 Å². The molecule has 0 aliphatic rings. The van der Waals surface area contributed by atoms with Crippen LogP contribution in [0.5, 0.6) is 0 Å². The van der Waals surface area contributed by atoms with Crippen molar-refractivity contribution in [2.45, 2.75) is 0 Å². The van der Waals surface area contributed by atoms with Crippen LogP contribution < -0.4 is 0 Å². The first-order valence-corrected chi connectivity index (χ1v) is 5.92. The molecule has 0 radical (unpaired) electrons. The summed E-state index contributed by atoms with van der Waals surface area (Å²) >= 11 is 3.21. The van der Waals surface area contributed by atoms with Gasteiger partial charge in [0.25, 0.3) is 5.69 Å². The van der Waals surface area contributed by atoms with Gasteiger partial charge in [0.15, 0.2) is 0 Å². The molecule has 2 rings (SSSR count). The van der Waals surface area contributed by atoms with E-state index in [2.05, 4.69) is 32.8 Å². The number of hydrogen-bond donors (Lipinski definition) is 0. The van der Waals surface area contributed by atoms with Gasteiger partial charge in [-0.3, -0.25) is 15.1 Å². The van der Waals surface area contributed by atoms with Gasteiger partial charge in [0.2, 0.25) is 0 Å². The molecule has 84 valence electrons. The number of nitro groups is 1. The normalized spacial score (nSPS) is 9.71. The lowest BCUT2D eigenvalue weighted by molar-refractivity contribution is -0.383. The molecular formula is C12H7BrN2O2. The number of benzene rings is 1. The van der Waals surface area contributed by atoms with Crippen LogP contribution in [-0.2, 0) is 0 Å². The topological polar surface area (TPSA) is 56.0 Å². The van der Waals surface area contributed by atoms with E-state index in [1.54, 1.807) is 18.3 Å². The molecule has 5 heteroatoms. The van der Waals surface area contributed by atoms with Crippen LogP contribution >= 0.6 is 15.9 Å².